The molecule has 0 rings (SSSR count). The Hall–Kier alpha value is -0.450. The normalized spacial score (nSPS) is 10.2. The first-order chi connectivity index (χ1) is 5.77. The zero-order valence-corrected chi connectivity index (χ0v) is 7.85. The highest BCUT2D eigenvalue weighted by Crippen LogP contribution is 1.74. The van der Waals surface area contributed by atoms with Gasteiger partial charge in [0, 0.05) is 19.6 Å². The van der Waals surface area contributed by atoms with Crippen LogP contribution in [-0.4, -0.2) is 45.7 Å². The van der Waals surface area contributed by atoms with E-state index in [1.54, 1.807) is 0 Å². The highest BCUT2D eigenvalue weighted by molar-refractivity contribution is 5.76. The van der Waals surface area contributed by atoms with Crippen molar-refractivity contribution in [2.24, 2.45) is 0 Å². The zero-order valence-electron chi connectivity index (χ0n) is 7.85. The van der Waals surface area contributed by atoms with Gasteiger partial charge in [0.2, 0.25) is 0 Å². The standard InChI is InChI=1S/C8H18N2O2/c1-8(11)7-12-6-5-10-4-3-9-2/h9-10H,3-7H2,1-2H3. The summed E-state index contributed by atoms with van der Waals surface area (Å²) in [6.07, 6.45) is 0. The molecule has 4 heteroatoms. The van der Waals surface area contributed by atoms with Crippen molar-refractivity contribution in [3.05, 3.63) is 0 Å². The molecule has 0 aromatic rings. The molecule has 0 spiro atoms. The largest absolute Gasteiger partial charge is 0.372 e. The van der Waals surface area contributed by atoms with Crippen LogP contribution in [-0.2, 0) is 9.53 Å². The van der Waals surface area contributed by atoms with Gasteiger partial charge in [0.05, 0.1) is 6.61 Å². The summed E-state index contributed by atoms with van der Waals surface area (Å²) in [4.78, 5) is 10.4. The van der Waals surface area contributed by atoms with Gasteiger partial charge in [-0.25, -0.2) is 0 Å². The third kappa shape index (κ3) is 9.55. The number of rotatable bonds is 8. The summed E-state index contributed by atoms with van der Waals surface area (Å²) in [6.45, 7) is 5.03. The molecule has 0 aromatic heterocycles. The molecule has 72 valence electrons. The van der Waals surface area contributed by atoms with Crippen LogP contribution < -0.4 is 10.6 Å². The highest BCUT2D eigenvalue weighted by atomic mass is 16.5. The number of Topliss-reactive ketones (excluding diaryl/α,β-unsaturated/α-hetero) is 1. The monoisotopic (exact) mass is 174 g/mol. The van der Waals surface area contributed by atoms with E-state index in [1.807, 2.05) is 7.05 Å². The first kappa shape index (κ1) is 11.6. The lowest BCUT2D eigenvalue weighted by atomic mass is 10.5. The molecule has 0 unspecified atom stereocenters. The Balaban J connectivity index is 2.86. The Kier molecular flexibility index (Phi) is 8.32. The Bertz CT molecular complexity index is 118. The molecule has 0 saturated carbocycles. The van der Waals surface area contributed by atoms with E-state index in [0.717, 1.165) is 19.6 Å². The lowest BCUT2D eigenvalue weighted by Gasteiger charge is -2.03. The molecule has 0 atom stereocenters. The van der Waals surface area contributed by atoms with Gasteiger partial charge in [-0.15, -0.1) is 0 Å². The highest BCUT2D eigenvalue weighted by Gasteiger charge is 1.91. The van der Waals surface area contributed by atoms with Crippen LogP contribution in [0.15, 0.2) is 0 Å². The minimum absolute atomic E-state index is 0.0743. The van der Waals surface area contributed by atoms with E-state index in [-0.39, 0.29) is 12.4 Å². The topological polar surface area (TPSA) is 50.4 Å². The van der Waals surface area contributed by atoms with Crippen LogP contribution in [0.4, 0.5) is 0 Å². The maximum absolute atomic E-state index is 10.4. The summed E-state index contributed by atoms with van der Waals surface area (Å²) in [5.41, 5.74) is 0. The van der Waals surface area contributed by atoms with E-state index in [9.17, 15) is 4.79 Å². The van der Waals surface area contributed by atoms with E-state index >= 15 is 0 Å². The van der Waals surface area contributed by atoms with Crippen molar-refractivity contribution in [1.29, 1.82) is 0 Å². The van der Waals surface area contributed by atoms with Gasteiger partial charge in [-0.1, -0.05) is 0 Å². The molecule has 0 bridgehead atoms. The van der Waals surface area contributed by atoms with Crippen molar-refractivity contribution in [3.8, 4) is 0 Å². The van der Waals surface area contributed by atoms with Crippen molar-refractivity contribution in [2.45, 2.75) is 6.92 Å². The fraction of sp³-hybridized carbons (Fsp3) is 0.875. The SMILES string of the molecule is CNCCNCCOCC(C)=O. The van der Waals surface area contributed by atoms with Crippen LogP contribution in [0.1, 0.15) is 6.92 Å². The van der Waals surface area contributed by atoms with Gasteiger partial charge in [0.15, 0.2) is 5.78 Å². The van der Waals surface area contributed by atoms with Crippen LogP contribution >= 0.6 is 0 Å². The van der Waals surface area contributed by atoms with E-state index in [0.29, 0.717) is 6.61 Å². The van der Waals surface area contributed by atoms with Crippen molar-refractivity contribution in [2.75, 3.05) is 39.9 Å². The molecule has 0 radical (unpaired) electrons. The molecule has 0 fully saturated rings. The second-order valence-corrected chi connectivity index (χ2v) is 2.61. The molecule has 0 aliphatic carbocycles. The van der Waals surface area contributed by atoms with E-state index in [2.05, 4.69) is 10.6 Å². The maximum Gasteiger partial charge on any atom is 0.155 e. The predicted molar refractivity (Wildman–Crippen MR) is 48.3 cm³/mol. The fourth-order valence-corrected chi connectivity index (χ4v) is 0.699. The first-order valence-corrected chi connectivity index (χ1v) is 4.20. The lowest BCUT2D eigenvalue weighted by molar-refractivity contribution is -0.121. The Morgan fingerprint density at radius 2 is 2.08 bits per heavy atom. The second-order valence-electron chi connectivity index (χ2n) is 2.61. The number of carbonyl (C=O) groups is 1. The van der Waals surface area contributed by atoms with Crippen molar-refractivity contribution >= 4 is 5.78 Å². The smallest absolute Gasteiger partial charge is 0.155 e. The third-order valence-corrected chi connectivity index (χ3v) is 1.28. The van der Waals surface area contributed by atoms with Gasteiger partial charge in [0.25, 0.3) is 0 Å². The zero-order chi connectivity index (χ0) is 9.23. The van der Waals surface area contributed by atoms with Crippen LogP contribution in [0.2, 0.25) is 0 Å². The molecular formula is C8H18N2O2. The summed E-state index contributed by atoms with van der Waals surface area (Å²) in [6, 6.07) is 0. The number of carbonyl (C=O) groups excluding carboxylic acids is 1. The van der Waals surface area contributed by atoms with Gasteiger partial charge < -0.3 is 15.4 Å². The number of likely N-dealkylation sites (N-methyl/N-ethyl adjacent to an activating group) is 1. The van der Waals surface area contributed by atoms with Crippen LogP contribution in [0.25, 0.3) is 0 Å². The number of nitrogens with one attached hydrogen (secondary N) is 2. The summed E-state index contributed by atoms with van der Waals surface area (Å²) in [5, 5.41) is 6.18. The van der Waals surface area contributed by atoms with E-state index in [4.69, 9.17) is 4.74 Å². The van der Waals surface area contributed by atoms with Crippen molar-refractivity contribution < 1.29 is 9.53 Å². The molecule has 2 N–H and O–H groups in total. The Morgan fingerprint density at radius 3 is 2.67 bits per heavy atom. The fourth-order valence-electron chi connectivity index (χ4n) is 0.699. The molecule has 0 aromatic carbocycles. The van der Waals surface area contributed by atoms with Crippen molar-refractivity contribution in [3.63, 3.8) is 0 Å². The summed E-state index contributed by atoms with van der Waals surface area (Å²) in [7, 11) is 1.91. The quantitative estimate of drug-likeness (QED) is 0.482. The summed E-state index contributed by atoms with van der Waals surface area (Å²) < 4.78 is 5.04. The molecule has 4 nitrogen and oxygen atoms in total. The van der Waals surface area contributed by atoms with Gasteiger partial charge >= 0.3 is 0 Å². The molecule has 0 amide bonds. The molecular weight excluding hydrogens is 156 g/mol. The first-order valence-electron chi connectivity index (χ1n) is 4.20. The second kappa shape index (κ2) is 8.64. The molecule has 0 aliphatic heterocycles. The maximum atomic E-state index is 10.4. The van der Waals surface area contributed by atoms with Gasteiger partial charge in [0.1, 0.15) is 6.61 Å². The molecule has 0 saturated heterocycles. The molecule has 0 aliphatic rings. The van der Waals surface area contributed by atoms with Crippen LogP contribution in [0.3, 0.4) is 0 Å². The van der Waals surface area contributed by atoms with E-state index in [1.165, 1.54) is 6.92 Å². The Morgan fingerprint density at radius 1 is 1.33 bits per heavy atom. The third-order valence-electron chi connectivity index (χ3n) is 1.28. The molecule has 12 heavy (non-hydrogen) atoms. The summed E-state index contributed by atoms with van der Waals surface area (Å²) in [5.74, 6) is 0.0743. The number of hydrogen-bond acceptors (Lipinski definition) is 4. The average Bonchev–Trinajstić information content (AvgIpc) is 2.02. The lowest BCUT2D eigenvalue weighted by Crippen LogP contribution is -2.28. The van der Waals surface area contributed by atoms with Crippen LogP contribution in [0, 0.1) is 0 Å². The van der Waals surface area contributed by atoms with Gasteiger partial charge in [-0.2, -0.15) is 0 Å². The summed E-state index contributed by atoms with van der Waals surface area (Å²) >= 11 is 0. The number of ketones is 1. The van der Waals surface area contributed by atoms with E-state index < -0.39 is 0 Å². The number of ether oxygens (including phenoxy) is 1. The van der Waals surface area contributed by atoms with Crippen LogP contribution in [0.5, 0.6) is 0 Å². The average molecular weight is 174 g/mol. The van der Waals surface area contributed by atoms with Crippen molar-refractivity contribution in [1.82, 2.24) is 10.6 Å². The molecule has 0 heterocycles. The van der Waals surface area contributed by atoms with Gasteiger partial charge in [-0.3, -0.25) is 4.79 Å². The minimum atomic E-state index is 0.0743. The Labute approximate surface area is 73.7 Å². The minimum Gasteiger partial charge on any atom is -0.372 e. The predicted octanol–water partition coefficient (Wildman–Crippen LogP) is -0.599. The number of hydrogen-bond donors (Lipinski definition) is 2. The van der Waals surface area contributed by atoms with Gasteiger partial charge in [-0.05, 0) is 14.0 Å².